The third-order valence-corrected chi connectivity index (χ3v) is 8.28. The average Bonchev–Trinajstić information content (AvgIpc) is 2.95. The molecule has 9 nitrogen and oxygen atoms in total. The summed E-state index contributed by atoms with van der Waals surface area (Å²) in [4.78, 5) is 34.8. The Morgan fingerprint density at radius 1 is 0.682 bits per heavy atom. The minimum absolute atomic E-state index is 0.0324. The number of phosphoric acid groups is 1. The largest absolute Gasteiger partial charge is 0.472 e. The molecule has 0 rings (SSSR count). The number of unbranched alkanes of at least 4 members (excludes halogenated alkanes) is 15. The van der Waals surface area contributed by atoms with Crippen LogP contribution in [0.3, 0.4) is 0 Å². The molecule has 0 heterocycles. The summed E-state index contributed by atoms with van der Waals surface area (Å²) in [5.74, 6) is -0.819. The van der Waals surface area contributed by atoms with Gasteiger partial charge in [-0.2, -0.15) is 0 Å². The zero-order chi connectivity index (χ0) is 32.9. The Bertz CT molecular complexity index is 784. The molecule has 0 bridgehead atoms. The molecule has 0 aliphatic heterocycles. The van der Waals surface area contributed by atoms with Gasteiger partial charge in [-0.25, -0.2) is 4.57 Å². The van der Waals surface area contributed by atoms with Crippen molar-refractivity contribution in [1.82, 2.24) is 0 Å². The highest BCUT2D eigenvalue weighted by atomic mass is 31.2. The highest BCUT2D eigenvalue weighted by Gasteiger charge is 2.27. The number of likely N-dealkylation sites (N-methyl/N-ethyl adjacent to an activating group) is 1. The van der Waals surface area contributed by atoms with E-state index < -0.39 is 26.5 Å². The number of hydrogen-bond donors (Lipinski definition) is 1. The van der Waals surface area contributed by atoms with Crippen LogP contribution in [0.5, 0.6) is 0 Å². The van der Waals surface area contributed by atoms with E-state index in [0.717, 1.165) is 64.2 Å². The Labute approximate surface area is 269 Å². The fraction of sp³-hybridized carbons (Fsp3) is 0.882. The highest BCUT2D eigenvalue weighted by molar-refractivity contribution is 7.47. The molecule has 0 spiro atoms. The third-order valence-electron chi connectivity index (χ3n) is 7.30. The summed E-state index contributed by atoms with van der Waals surface area (Å²) in [7, 11) is 1.47. The van der Waals surface area contributed by atoms with E-state index >= 15 is 0 Å². The molecule has 0 aliphatic rings. The predicted octanol–water partition coefficient (Wildman–Crippen LogP) is 8.68. The van der Waals surface area contributed by atoms with Crippen LogP contribution in [0.1, 0.15) is 142 Å². The molecule has 0 aliphatic carbocycles. The fourth-order valence-electron chi connectivity index (χ4n) is 4.48. The van der Waals surface area contributed by atoms with Gasteiger partial charge in [0, 0.05) is 12.8 Å². The molecule has 0 saturated carbocycles. The molecule has 10 heteroatoms. The molecule has 0 radical (unpaired) electrons. The van der Waals surface area contributed by atoms with E-state index in [-0.39, 0.29) is 32.0 Å². The molecule has 0 aromatic heterocycles. The number of ether oxygens (including phenoxy) is 2. The Balaban J connectivity index is 4.39. The van der Waals surface area contributed by atoms with Crippen LogP contribution in [0.4, 0.5) is 0 Å². The topological polar surface area (TPSA) is 108 Å². The fourth-order valence-corrected chi connectivity index (χ4v) is 5.22. The van der Waals surface area contributed by atoms with Gasteiger partial charge < -0.3 is 18.9 Å². The molecule has 44 heavy (non-hydrogen) atoms. The second-order valence-electron chi connectivity index (χ2n) is 12.9. The van der Waals surface area contributed by atoms with Crippen LogP contribution in [0.25, 0.3) is 0 Å². The molecule has 1 unspecified atom stereocenters. The van der Waals surface area contributed by atoms with E-state index in [1.54, 1.807) is 0 Å². The van der Waals surface area contributed by atoms with Gasteiger partial charge in [-0.3, -0.25) is 18.6 Å². The maximum atomic E-state index is 12.4. The van der Waals surface area contributed by atoms with E-state index in [1.165, 1.54) is 44.9 Å². The van der Waals surface area contributed by atoms with Crippen LogP contribution in [-0.4, -0.2) is 74.9 Å². The van der Waals surface area contributed by atoms with E-state index in [2.05, 4.69) is 26.0 Å². The minimum atomic E-state index is -4.35. The summed E-state index contributed by atoms with van der Waals surface area (Å²) < 4.78 is 33.9. The second-order valence-corrected chi connectivity index (χ2v) is 14.4. The van der Waals surface area contributed by atoms with Gasteiger partial charge in [0.05, 0.1) is 27.7 Å². The number of allylic oxidation sites excluding steroid dienone is 2. The smallest absolute Gasteiger partial charge is 0.462 e. The number of carbonyl (C=O) groups excluding carboxylic acids is 2. The molecule has 260 valence electrons. The lowest BCUT2D eigenvalue weighted by Gasteiger charge is -2.24. The molecule has 0 fully saturated rings. The summed E-state index contributed by atoms with van der Waals surface area (Å²) >= 11 is 0. The molecular formula is C34H67NO8P+. The number of nitrogens with zero attached hydrogens (tertiary/aromatic N) is 1. The minimum Gasteiger partial charge on any atom is -0.462 e. The Morgan fingerprint density at radius 2 is 1.16 bits per heavy atom. The van der Waals surface area contributed by atoms with Crippen molar-refractivity contribution in [1.29, 1.82) is 0 Å². The van der Waals surface area contributed by atoms with E-state index in [9.17, 15) is 19.0 Å². The molecule has 2 atom stereocenters. The SMILES string of the molecule is CCCCCCC/C=C\CCCCCCCC(=O)OC[C@H](COP(=O)(O)OCC[N+](C)(C)C)OC(=O)CCCCCCCC. The van der Waals surface area contributed by atoms with Gasteiger partial charge in [-0.15, -0.1) is 0 Å². The summed E-state index contributed by atoms with van der Waals surface area (Å²) in [5, 5.41) is 0. The van der Waals surface area contributed by atoms with Gasteiger partial charge >= 0.3 is 19.8 Å². The zero-order valence-electron chi connectivity index (χ0n) is 28.9. The molecule has 0 aromatic rings. The molecular weight excluding hydrogens is 581 g/mol. The van der Waals surface area contributed by atoms with Gasteiger partial charge in [0.25, 0.3) is 0 Å². The van der Waals surface area contributed by atoms with Crippen molar-refractivity contribution >= 4 is 19.8 Å². The zero-order valence-corrected chi connectivity index (χ0v) is 29.8. The van der Waals surface area contributed by atoms with Crippen molar-refractivity contribution in [2.75, 3.05) is 47.5 Å². The van der Waals surface area contributed by atoms with Crippen LogP contribution in [0, 0.1) is 0 Å². The average molecular weight is 649 g/mol. The maximum Gasteiger partial charge on any atom is 0.472 e. The van der Waals surface area contributed by atoms with Crippen LogP contribution >= 0.6 is 7.82 Å². The number of quaternary nitrogens is 1. The summed E-state index contributed by atoms with van der Waals surface area (Å²) in [6.45, 7) is 4.31. The van der Waals surface area contributed by atoms with Gasteiger partial charge in [0.2, 0.25) is 0 Å². The van der Waals surface area contributed by atoms with Gasteiger partial charge in [0.15, 0.2) is 6.10 Å². The molecule has 0 aromatic carbocycles. The number of hydrogen-bond acceptors (Lipinski definition) is 7. The van der Waals surface area contributed by atoms with Gasteiger partial charge in [0.1, 0.15) is 19.8 Å². The highest BCUT2D eigenvalue weighted by Crippen LogP contribution is 2.43. The first-order valence-corrected chi connectivity index (χ1v) is 18.9. The van der Waals surface area contributed by atoms with E-state index in [1.807, 2.05) is 21.1 Å². The number of phosphoric ester groups is 1. The standard InChI is InChI=1S/C34H66NO8P/c1-6-8-10-12-14-15-16-17-18-19-20-21-23-24-26-33(36)40-30-32(43-34(37)27-25-22-13-11-9-7-2)31-42-44(38,39)41-29-28-35(3,4)5/h16-17,32H,6-15,18-31H2,1-5H3/p+1/b17-16-/t32-/m1/s1. The second kappa shape index (κ2) is 28.0. The monoisotopic (exact) mass is 648 g/mol. The van der Waals surface area contributed by atoms with E-state index in [4.69, 9.17) is 18.5 Å². The van der Waals surface area contributed by atoms with Crippen LogP contribution in [-0.2, 0) is 32.7 Å². The summed E-state index contributed by atoms with van der Waals surface area (Å²) in [6, 6.07) is 0. The Hall–Kier alpha value is -1.25. The Kier molecular flexibility index (Phi) is 27.2. The van der Waals surface area contributed by atoms with Crippen LogP contribution < -0.4 is 0 Å². The van der Waals surface area contributed by atoms with Crippen LogP contribution in [0.15, 0.2) is 12.2 Å². The van der Waals surface area contributed by atoms with Crippen LogP contribution in [0.2, 0.25) is 0 Å². The van der Waals surface area contributed by atoms with Crippen molar-refractivity contribution in [2.45, 2.75) is 148 Å². The third kappa shape index (κ3) is 30.8. The normalized spacial score (nSPS) is 14.0. The van der Waals surface area contributed by atoms with Crippen molar-refractivity contribution in [3.8, 4) is 0 Å². The lowest BCUT2D eigenvalue weighted by Crippen LogP contribution is -2.37. The van der Waals surface area contributed by atoms with Crippen molar-refractivity contribution in [2.24, 2.45) is 0 Å². The lowest BCUT2D eigenvalue weighted by atomic mass is 10.1. The quantitative estimate of drug-likeness (QED) is 0.0262. The molecule has 1 N–H and O–H groups in total. The first kappa shape index (κ1) is 42.8. The van der Waals surface area contributed by atoms with Gasteiger partial charge in [-0.1, -0.05) is 103 Å². The van der Waals surface area contributed by atoms with Crippen molar-refractivity contribution in [3.63, 3.8) is 0 Å². The number of esters is 2. The maximum absolute atomic E-state index is 12.4. The molecule has 0 amide bonds. The summed E-state index contributed by atoms with van der Waals surface area (Å²) in [6.07, 6.45) is 24.3. The lowest BCUT2D eigenvalue weighted by molar-refractivity contribution is -0.870. The van der Waals surface area contributed by atoms with E-state index in [0.29, 0.717) is 17.4 Å². The summed E-state index contributed by atoms with van der Waals surface area (Å²) in [5.41, 5.74) is 0. The first-order valence-electron chi connectivity index (χ1n) is 17.4. The molecule has 0 saturated heterocycles. The number of carbonyl (C=O) groups is 2. The van der Waals surface area contributed by atoms with Crippen molar-refractivity contribution in [3.05, 3.63) is 12.2 Å². The first-order chi connectivity index (χ1) is 21.0. The number of rotatable bonds is 31. The predicted molar refractivity (Wildman–Crippen MR) is 178 cm³/mol. The van der Waals surface area contributed by atoms with Crippen molar-refractivity contribution < 1.29 is 42.1 Å². The van der Waals surface area contributed by atoms with Gasteiger partial charge in [-0.05, 0) is 38.5 Å². The Morgan fingerprint density at radius 3 is 1.68 bits per heavy atom.